The highest BCUT2D eigenvalue weighted by Gasteiger charge is 2.09. The monoisotopic (exact) mass is 372 g/mol. The van der Waals surface area contributed by atoms with Gasteiger partial charge in [0.25, 0.3) is 0 Å². The van der Waals surface area contributed by atoms with Gasteiger partial charge in [0.2, 0.25) is 0 Å². The molecule has 130 valence electrons. The van der Waals surface area contributed by atoms with E-state index in [1.54, 1.807) is 0 Å². The fourth-order valence-electron chi connectivity index (χ4n) is 3.23. The number of nitrogens with one attached hydrogen (secondary N) is 2. The average molecular weight is 373 g/mol. The molecule has 4 rings (SSSR count). The van der Waals surface area contributed by atoms with Crippen LogP contribution in [0.3, 0.4) is 0 Å². The quantitative estimate of drug-likeness (QED) is 0.450. The Balaban J connectivity index is 0.00000113. The molecular weight excluding hydrogens is 351 g/mol. The topological polar surface area (TPSA) is 27.8 Å². The first-order valence-electron chi connectivity index (χ1n) is 8.09. The fraction of sp³-hybridized carbons (Fsp3) is 0.143. The zero-order valence-electron chi connectivity index (χ0n) is 14.0. The standard InChI is InChI=1S/C21H20N2.2ClH/c1-15(19-11-6-9-16-7-2-4-10-20(16)19)22-14-18-13-17-8-3-5-12-21(17)23-18;;/h2-13,15,22-23H,14H2,1H3;2*1H. The van der Waals surface area contributed by atoms with Crippen LogP contribution in [-0.2, 0) is 6.54 Å². The van der Waals surface area contributed by atoms with Gasteiger partial charge in [0.15, 0.2) is 0 Å². The first-order chi connectivity index (χ1) is 11.3. The summed E-state index contributed by atoms with van der Waals surface area (Å²) in [7, 11) is 0. The van der Waals surface area contributed by atoms with Gasteiger partial charge in [-0.25, -0.2) is 0 Å². The largest absolute Gasteiger partial charge is 0.357 e. The Bertz CT molecular complexity index is 924. The third-order valence-corrected chi connectivity index (χ3v) is 4.47. The molecule has 0 saturated carbocycles. The number of aromatic nitrogens is 1. The lowest BCUT2D eigenvalue weighted by Crippen LogP contribution is -2.18. The van der Waals surface area contributed by atoms with Crippen LogP contribution in [0.5, 0.6) is 0 Å². The number of benzene rings is 3. The maximum atomic E-state index is 3.64. The Morgan fingerprint density at radius 2 is 1.52 bits per heavy atom. The number of hydrogen-bond acceptors (Lipinski definition) is 1. The molecule has 1 unspecified atom stereocenters. The van der Waals surface area contributed by atoms with Crippen LogP contribution in [0.4, 0.5) is 0 Å². The minimum Gasteiger partial charge on any atom is -0.357 e. The summed E-state index contributed by atoms with van der Waals surface area (Å²) in [5.74, 6) is 0. The van der Waals surface area contributed by atoms with Crippen LogP contribution in [0, 0.1) is 0 Å². The Hall–Kier alpha value is -2.00. The first-order valence-corrected chi connectivity index (χ1v) is 8.09. The zero-order valence-corrected chi connectivity index (χ0v) is 15.7. The number of H-pyrrole nitrogens is 1. The SMILES string of the molecule is CC(NCc1cc2ccccc2[nH]1)c1cccc2ccccc12.Cl.Cl. The second kappa shape index (κ2) is 8.39. The Morgan fingerprint density at radius 1 is 0.840 bits per heavy atom. The summed E-state index contributed by atoms with van der Waals surface area (Å²) in [4.78, 5) is 3.48. The molecule has 4 aromatic rings. The molecule has 0 amide bonds. The van der Waals surface area contributed by atoms with Gasteiger partial charge in [-0.05, 0) is 40.8 Å². The number of hydrogen-bond donors (Lipinski definition) is 2. The highest BCUT2D eigenvalue weighted by molar-refractivity contribution is 5.86. The molecule has 0 aliphatic rings. The van der Waals surface area contributed by atoms with Crippen LogP contribution >= 0.6 is 24.8 Å². The summed E-state index contributed by atoms with van der Waals surface area (Å²) in [5.41, 5.74) is 3.76. The molecular formula is C21H22Cl2N2. The van der Waals surface area contributed by atoms with E-state index in [0.717, 1.165) is 6.54 Å². The van der Waals surface area contributed by atoms with Crippen molar-refractivity contribution >= 4 is 46.5 Å². The van der Waals surface area contributed by atoms with Gasteiger partial charge in [-0.2, -0.15) is 0 Å². The van der Waals surface area contributed by atoms with E-state index in [2.05, 4.69) is 90.0 Å². The molecule has 1 aromatic heterocycles. The first kappa shape index (κ1) is 19.3. The third-order valence-electron chi connectivity index (χ3n) is 4.47. The Morgan fingerprint density at radius 3 is 2.32 bits per heavy atom. The number of rotatable bonds is 4. The summed E-state index contributed by atoms with van der Waals surface area (Å²) in [6.07, 6.45) is 0. The molecule has 0 radical (unpaired) electrons. The van der Waals surface area contributed by atoms with Crippen LogP contribution in [0.2, 0.25) is 0 Å². The van der Waals surface area contributed by atoms with Crippen LogP contribution in [0.15, 0.2) is 72.8 Å². The highest BCUT2D eigenvalue weighted by Crippen LogP contribution is 2.24. The minimum atomic E-state index is 0. The van der Waals surface area contributed by atoms with Crippen molar-refractivity contribution in [3.63, 3.8) is 0 Å². The van der Waals surface area contributed by atoms with Crippen molar-refractivity contribution < 1.29 is 0 Å². The smallest absolute Gasteiger partial charge is 0.0456 e. The summed E-state index contributed by atoms with van der Waals surface area (Å²) in [5, 5.41) is 7.52. The molecule has 2 N–H and O–H groups in total. The maximum Gasteiger partial charge on any atom is 0.0456 e. The molecule has 1 atom stereocenters. The predicted octanol–water partition coefficient (Wildman–Crippen LogP) is 6.02. The van der Waals surface area contributed by atoms with Crippen molar-refractivity contribution in [1.82, 2.24) is 10.3 Å². The van der Waals surface area contributed by atoms with Gasteiger partial charge in [0, 0.05) is 23.8 Å². The van der Waals surface area contributed by atoms with E-state index in [4.69, 9.17) is 0 Å². The van der Waals surface area contributed by atoms with Crippen molar-refractivity contribution in [2.75, 3.05) is 0 Å². The van der Waals surface area contributed by atoms with E-state index >= 15 is 0 Å². The van der Waals surface area contributed by atoms with Crippen molar-refractivity contribution in [2.24, 2.45) is 0 Å². The summed E-state index contributed by atoms with van der Waals surface area (Å²) in [6, 6.07) is 26.0. The second-order valence-corrected chi connectivity index (χ2v) is 6.05. The van der Waals surface area contributed by atoms with Crippen LogP contribution in [0.25, 0.3) is 21.7 Å². The van der Waals surface area contributed by atoms with E-state index in [1.165, 1.54) is 32.9 Å². The summed E-state index contributed by atoms with van der Waals surface area (Å²) in [6.45, 7) is 3.06. The number of fused-ring (bicyclic) bond motifs is 2. The van der Waals surface area contributed by atoms with E-state index in [1.807, 2.05) is 0 Å². The lowest BCUT2D eigenvalue weighted by Gasteiger charge is -2.16. The summed E-state index contributed by atoms with van der Waals surface area (Å²) >= 11 is 0. The van der Waals surface area contributed by atoms with Crippen LogP contribution < -0.4 is 5.32 Å². The Labute approximate surface area is 160 Å². The number of para-hydroxylation sites is 1. The third kappa shape index (κ3) is 3.98. The van der Waals surface area contributed by atoms with Gasteiger partial charge in [-0.1, -0.05) is 60.7 Å². The summed E-state index contributed by atoms with van der Waals surface area (Å²) < 4.78 is 0. The average Bonchev–Trinajstić information content (AvgIpc) is 3.02. The predicted molar refractivity (Wildman–Crippen MR) is 112 cm³/mol. The maximum absolute atomic E-state index is 3.64. The molecule has 0 aliphatic carbocycles. The molecule has 25 heavy (non-hydrogen) atoms. The fourth-order valence-corrected chi connectivity index (χ4v) is 3.23. The molecule has 0 aliphatic heterocycles. The van der Waals surface area contributed by atoms with Gasteiger partial charge >= 0.3 is 0 Å². The van der Waals surface area contributed by atoms with Crippen molar-refractivity contribution in [1.29, 1.82) is 0 Å². The normalized spacial score (nSPS) is 11.7. The molecule has 2 nitrogen and oxygen atoms in total. The second-order valence-electron chi connectivity index (χ2n) is 6.05. The minimum absolute atomic E-state index is 0. The van der Waals surface area contributed by atoms with Crippen molar-refractivity contribution in [3.8, 4) is 0 Å². The van der Waals surface area contributed by atoms with Crippen molar-refractivity contribution in [2.45, 2.75) is 19.5 Å². The molecule has 0 saturated heterocycles. The molecule has 0 spiro atoms. The van der Waals surface area contributed by atoms with Gasteiger partial charge in [-0.3, -0.25) is 0 Å². The van der Waals surface area contributed by atoms with Gasteiger partial charge in [0.05, 0.1) is 0 Å². The molecule has 3 aromatic carbocycles. The van der Waals surface area contributed by atoms with Gasteiger partial charge < -0.3 is 10.3 Å². The highest BCUT2D eigenvalue weighted by atomic mass is 35.5. The molecule has 1 heterocycles. The Kier molecular flexibility index (Phi) is 6.49. The van der Waals surface area contributed by atoms with Crippen LogP contribution in [-0.4, -0.2) is 4.98 Å². The lowest BCUT2D eigenvalue weighted by atomic mass is 10.00. The van der Waals surface area contributed by atoms with E-state index in [0.29, 0.717) is 6.04 Å². The zero-order chi connectivity index (χ0) is 15.6. The van der Waals surface area contributed by atoms with Gasteiger partial charge in [0.1, 0.15) is 0 Å². The van der Waals surface area contributed by atoms with Gasteiger partial charge in [-0.15, -0.1) is 24.8 Å². The molecule has 4 heteroatoms. The number of aromatic amines is 1. The number of halogens is 2. The van der Waals surface area contributed by atoms with E-state index < -0.39 is 0 Å². The van der Waals surface area contributed by atoms with E-state index in [9.17, 15) is 0 Å². The lowest BCUT2D eigenvalue weighted by molar-refractivity contribution is 0.573. The van der Waals surface area contributed by atoms with E-state index in [-0.39, 0.29) is 24.8 Å². The van der Waals surface area contributed by atoms with Crippen molar-refractivity contribution in [3.05, 3.63) is 84.1 Å². The molecule has 0 bridgehead atoms. The van der Waals surface area contributed by atoms with Crippen LogP contribution in [0.1, 0.15) is 24.2 Å². The molecule has 0 fully saturated rings.